The Kier molecular flexibility index (Phi) is 3.23. The predicted molar refractivity (Wildman–Crippen MR) is 50.5 cm³/mol. The smallest absolute Gasteiger partial charge is 0.471 e. The van der Waals surface area contributed by atoms with Crippen molar-refractivity contribution in [1.82, 2.24) is 0 Å². The van der Waals surface area contributed by atoms with Gasteiger partial charge in [0.15, 0.2) is 0 Å². The van der Waals surface area contributed by atoms with Gasteiger partial charge >= 0.3 is 12.1 Å². The number of nitrogens with one attached hydrogen (secondary N) is 1. The molecule has 0 saturated carbocycles. The average Bonchev–Trinajstić information content (AvgIpc) is 2.09. The van der Waals surface area contributed by atoms with Gasteiger partial charge in [-0.3, -0.25) is 4.79 Å². The highest BCUT2D eigenvalue weighted by Crippen LogP contribution is 2.28. The fourth-order valence-corrected chi connectivity index (χ4v) is 1.16. The molecule has 1 aromatic carbocycles. The van der Waals surface area contributed by atoms with Gasteiger partial charge in [-0.05, 0) is 18.2 Å². The summed E-state index contributed by atoms with van der Waals surface area (Å²) in [6, 6.07) is 3.76. The largest absolute Gasteiger partial charge is 0.506 e. The van der Waals surface area contributed by atoms with Crippen LogP contribution in [0.2, 0.25) is 0 Å². The molecule has 0 aliphatic heterocycles. The van der Waals surface area contributed by atoms with Crippen molar-refractivity contribution in [3.05, 3.63) is 22.7 Å². The molecule has 0 saturated heterocycles. The van der Waals surface area contributed by atoms with Gasteiger partial charge in [0.1, 0.15) is 5.75 Å². The van der Waals surface area contributed by atoms with Crippen LogP contribution >= 0.6 is 15.9 Å². The number of benzene rings is 1. The van der Waals surface area contributed by atoms with Gasteiger partial charge in [-0.15, -0.1) is 0 Å². The molecule has 1 amide bonds. The summed E-state index contributed by atoms with van der Waals surface area (Å²) in [7, 11) is 0. The number of anilines is 1. The molecular formula is C8H5BrF3NO2. The first kappa shape index (κ1) is 11.8. The van der Waals surface area contributed by atoms with Gasteiger partial charge in [0.25, 0.3) is 0 Å². The highest BCUT2D eigenvalue weighted by Gasteiger charge is 2.39. The van der Waals surface area contributed by atoms with Crippen molar-refractivity contribution in [2.24, 2.45) is 0 Å². The number of hydrogen-bond acceptors (Lipinski definition) is 2. The number of rotatable bonds is 1. The molecule has 0 radical (unpaired) electrons. The lowest BCUT2D eigenvalue weighted by atomic mass is 10.3. The van der Waals surface area contributed by atoms with Crippen LogP contribution in [-0.2, 0) is 4.79 Å². The third-order valence-electron chi connectivity index (χ3n) is 1.46. The minimum Gasteiger partial charge on any atom is -0.506 e. The Balaban J connectivity index is 2.90. The number of phenolic OH excluding ortho intramolecular Hbond substituents is 1. The van der Waals surface area contributed by atoms with E-state index in [0.29, 0.717) is 4.47 Å². The van der Waals surface area contributed by atoms with E-state index in [1.54, 1.807) is 5.32 Å². The number of alkyl halides is 3. The predicted octanol–water partition coefficient (Wildman–Crippen LogP) is 2.66. The Morgan fingerprint density at radius 2 is 2.00 bits per heavy atom. The lowest BCUT2D eigenvalue weighted by Crippen LogP contribution is -2.29. The Morgan fingerprint density at radius 1 is 1.40 bits per heavy atom. The second kappa shape index (κ2) is 4.09. The summed E-state index contributed by atoms with van der Waals surface area (Å²) in [6.07, 6.45) is -4.98. The molecular weight excluding hydrogens is 279 g/mol. The van der Waals surface area contributed by atoms with Gasteiger partial charge in [-0.25, -0.2) is 0 Å². The molecule has 0 fully saturated rings. The molecule has 0 aromatic heterocycles. The molecule has 2 N–H and O–H groups in total. The normalized spacial score (nSPS) is 11.2. The molecule has 1 aromatic rings. The standard InChI is InChI=1S/C8H5BrF3NO2/c9-4-1-2-6(14)5(3-4)13-7(15)8(10,11)12/h1-3,14H,(H,13,15). The summed E-state index contributed by atoms with van der Waals surface area (Å²) in [6.45, 7) is 0. The molecule has 0 heterocycles. The van der Waals surface area contributed by atoms with E-state index in [-0.39, 0.29) is 5.69 Å². The van der Waals surface area contributed by atoms with Crippen molar-refractivity contribution in [3.8, 4) is 5.75 Å². The van der Waals surface area contributed by atoms with E-state index in [1.807, 2.05) is 0 Å². The van der Waals surface area contributed by atoms with Crippen molar-refractivity contribution >= 4 is 27.5 Å². The van der Waals surface area contributed by atoms with E-state index >= 15 is 0 Å². The summed E-state index contributed by atoms with van der Waals surface area (Å²) < 4.78 is 36.0. The third kappa shape index (κ3) is 3.12. The lowest BCUT2D eigenvalue weighted by Gasteiger charge is -2.09. The third-order valence-corrected chi connectivity index (χ3v) is 1.96. The van der Waals surface area contributed by atoms with Crippen LogP contribution < -0.4 is 5.32 Å². The van der Waals surface area contributed by atoms with Crippen molar-refractivity contribution in [3.63, 3.8) is 0 Å². The van der Waals surface area contributed by atoms with E-state index in [4.69, 9.17) is 5.11 Å². The molecule has 1 rings (SSSR count). The summed E-state index contributed by atoms with van der Waals surface area (Å²) >= 11 is 2.99. The Morgan fingerprint density at radius 3 is 2.53 bits per heavy atom. The van der Waals surface area contributed by atoms with Gasteiger partial charge < -0.3 is 10.4 Å². The Hall–Kier alpha value is -1.24. The molecule has 82 valence electrons. The van der Waals surface area contributed by atoms with Gasteiger partial charge in [-0.1, -0.05) is 15.9 Å². The minimum atomic E-state index is -4.98. The van der Waals surface area contributed by atoms with Crippen molar-refractivity contribution in [2.75, 3.05) is 5.32 Å². The van der Waals surface area contributed by atoms with E-state index in [2.05, 4.69) is 15.9 Å². The van der Waals surface area contributed by atoms with E-state index < -0.39 is 17.8 Å². The molecule has 0 atom stereocenters. The maximum absolute atomic E-state index is 11.9. The number of carbonyl (C=O) groups excluding carboxylic acids is 1. The van der Waals surface area contributed by atoms with Crippen LogP contribution in [-0.4, -0.2) is 17.2 Å². The minimum absolute atomic E-state index is 0.299. The zero-order valence-electron chi connectivity index (χ0n) is 7.10. The Labute approximate surface area is 91.0 Å². The number of carbonyl (C=O) groups is 1. The van der Waals surface area contributed by atoms with Crippen LogP contribution in [0.1, 0.15) is 0 Å². The number of amides is 1. The quantitative estimate of drug-likeness (QED) is 0.779. The van der Waals surface area contributed by atoms with Crippen LogP contribution in [0.15, 0.2) is 22.7 Å². The second-order valence-corrected chi connectivity index (χ2v) is 3.53. The number of halogens is 4. The summed E-state index contributed by atoms with van der Waals surface area (Å²) in [5.41, 5.74) is -0.299. The number of aromatic hydroxyl groups is 1. The van der Waals surface area contributed by atoms with Crippen LogP contribution in [0, 0.1) is 0 Å². The molecule has 0 unspecified atom stereocenters. The maximum atomic E-state index is 11.9. The van der Waals surface area contributed by atoms with Crippen molar-refractivity contribution < 1.29 is 23.1 Å². The van der Waals surface area contributed by atoms with Crippen LogP contribution in [0.5, 0.6) is 5.75 Å². The van der Waals surface area contributed by atoms with Crippen molar-refractivity contribution in [2.45, 2.75) is 6.18 Å². The van der Waals surface area contributed by atoms with Crippen molar-refractivity contribution in [1.29, 1.82) is 0 Å². The van der Waals surface area contributed by atoms with Gasteiger partial charge in [0.05, 0.1) is 5.69 Å². The van der Waals surface area contributed by atoms with Crippen LogP contribution in [0.3, 0.4) is 0 Å². The SMILES string of the molecule is O=C(Nc1cc(Br)ccc1O)C(F)(F)F. The zero-order valence-corrected chi connectivity index (χ0v) is 8.69. The summed E-state index contributed by atoms with van der Waals surface area (Å²) in [5.74, 6) is -2.56. The van der Waals surface area contributed by atoms with E-state index in [1.165, 1.54) is 12.1 Å². The molecule has 0 spiro atoms. The van der Waals surface area contributed by atoms with Crippen LogP contribution in [0.4, 0.5) is 18.9 Å². The first-order valence-corrected chi connectivity index (χ1v) is 4.46. The van der Waals surface area contributed by atoms with Gasteiger partial charge in [0.2, 0.25) is 0 Å². The van der Waals surface area contributed by atoms with Gasteiger partial charge in [-0.2, -0.15) is 13.2 Å². The first-order chi connectivity index (χ1) is 6.80. The summed E-state index contributed by atoms with van der Waals surface area (Å²) in [4.78, 5) is 10.5. The molecule has 0 aliphatic rings. The average molecular weight is 284 g/mol. The first-order valence-electron chi connectivity index (χ1n) is 3.67. The highest BCUT2D eigenvalue weighted by molar-refractivity contribution is 9.10. The molecule has 15 heavy (non-hydrogen) atoms. The van der Waals surface area contributed by atoms with E-state index in [0.717, 1.165) is 6.07 Å². The summed E-state index contributed by atoms with van der Waals surface area (Å²) in [5, 5.41) is 10.7. The molecule has 0 bridgehead atoms. The monoisotopic (exact) mass is 283 g/mol. The number of hydrogen-bond donors (Lipinski definition) is 2. The Bertz CT molecular complexity index is 392. The fraction of sp³-hybridized carbons (Fsp3) is 0.125. The van der Waals surface area contributed by atoms with Crippen LogP contribution in [0.25, 0.3) is 0 Å². The zero-order chi connectivity index (χ0) is 11.6. The van der Waals surface area contributed by atoms with E-state index in [9.17, 15) is 18.0 Å². The maximum Gasteiger partial charge on any atom is 0.471 e. The molecule has 7 heteroatoms. The molecule has 0 aliphatic carbocycles. The molecule has 3 nitrogen and oxygen atoms in total. The highest BCUT2D eigenvalue weighted by atomic mass is 79.9. The number of phenols is 1. The second-order valence-electron chi connectivity index (χ2n) is 2.61. The van der Waals surface area contributed by atoms with Gasteiger partial charge in [0, 0.05) is 4.47 Å². The topological polar surface area (TPSA) is 49.3 Å². The lowest BCUT2D eigenvalue weighted by molar-refractivity contribution is -0.167. The fourth-order valence-electron chi connectivity index (χ4n) is 0.802.